The lowest BCUT2D eigenvalue weighted by Gasteiger charge is -2.09. The van der Waals surface area contributed by atoms with Gasteiger partial charge in [0.1, 0.15) is 11.5 Å². The normalized spacial score (nSPS) is 10.8. The van der Waals surface area contributed by atoms with E-state index in [1.807, 2.05) is 24.4 Å². The molecule has 2 aromatic rings. The van der Waals surface area contributed by atoms with E-state index in [9.17, 15) is 5.11 Å². The van der Waals surface area contributed by atoms with Gasteiger partial charge in [-0.2, -0.15) is 0 Å². The van der Waals surface area contributed by atoms with Crippen LogP contribution >= 0.6 is 0 Å². The van der Waals surface area contributed by atoms with Gasteiger partial charge in [-0.25, -0.2) is 0 Å². The predicted octanol–water partition coefficient (Wildman–Crippen LogP) is 6.15. The zero-order valence-corrected chi connectivity index (χ0v) is 15.6. The van der Waals surface area contributed by atoms with Crippen LogP contribution in [0.5, 0.6) is 11.5 Å². The molecule has 3 heteroatoms. The Balaban J connectivity index is 1.92. The number of phenolic OH excluding ortho intramolecular Hbond substituents is 1. The van der Waals surface area contributed by atoms with Crippen LogP contribution in [0.25, 0.3) is 11.3 Å². The highest BCUT2D eigenvalue weighted by molar-refractivity contribution is 5.68. The summed E-state index contributed by atoms with van der Waals surface area (Å²) in [6, 6.07) is 9.56. The molecule has 2 rings (SSSR count). The third-order valence-corrected chi connectivity index (χ3v) is 4.41. The maximum atomic E-state index is 10.3. The highest BCUT2D eigenvalue weighted by atomic mass is 16.5. The van der Waals surface area contributed by atoms with Crippen LogP contribution in [0.15, 0.2) is 36.5 Å². The Morgan fingerprint density at radius 3 is 2.40 bits per heavy atom. The Hall–Kier alpha value is -2.03. The van der Waals surface area contributed by atoms with E-state index in [0.717, 1.165) is 30.5 Å². The molecule has 136 valence electrons. The number of pyridine rings is 1. The van der Waals surface area contributed by atoms with Gasteiger partial charge in [-0.3, -0.25) is 4.98 Å². The number of aryl methyl sites for hydroxylation is 1. The molecule has 0 saturated heterocycles. The van der Waals surface area contributed by atoms with Crippen molar-refractivity contribution in [3.05, 3.63) is 42.1 Å². The standard InChI is InChI=1S/C22H31NO2/c1-3-5-7-8-9-10-18-11-14-21(23-17-18)20-13-12-19(16-22(20)24)25-15-6-4-2/h11-14,16-17,24H,3-10,15H2,1-2H3. The molecule has 3 nitrogen and oxygen atoms in total. The maximum absolute atomic E-state index is 10.3. The summed E-state index contributed by atoms with van der Waals surface area (Å²) >= 11 is 0. The quantitative estimate of drug-likeness (QED) is 0.499. The summed E-state index contributed by atoms with van der Waals surface area (Å²) in [5, 5.41) is 10.3. The average molecular weight is 341 g/mol. The van der Waals surface area contributed by atoms with Crippen molar-refractivity contribution >= 4 is 0 Å². The molecular weight excluding hydrogens is 310 g/mol. The van der Waals surface area contributed by atoms with E-state index in [2.05, 4.69) is 24.9 Å². The molecule has 0 saturated carbocycles. The fourth-order valence-corrected chi connectivity index (χ4v) is 2.82. The molecule has 1 heterocycles. The summed E-state index contributed by atoms with van der Waals surface area (Å²) in [6.45, 7) is 5.05. The van der Waals surface area contributed by atoms with Gasteiger partial charge >= 0.3 is 0 Å². The number of hydrogen-bond acceptors (Lipinski definition) is 3. The van der Waals surface area contributed by atoms with Crippen LogP contribution in [0, 0.1) is 0 Å². The molecule has 0 radical (unpaired) electrons. The third kappa shape index (κ3) is 6.41. The molecule has 0 atom stereocenters. The number of unbranched alkanes of at least 4 members (excludes halogenated alkanes) is 5. The van der Waals surface area contributed by atoms with Gasteiger partial charge in [-0.15, -0.1) is 0 Å². The highest BCUT2D eigenvalue weighted by Crippen LogP contribution is 2.31. The summed E-state index contributed by atoms with van der Waals surface area (Å²) in [5.41, 5.74) is 2.81. The fourth-order valence-electron chi connectivity index (χ4n) is 2.82. The van der Waals surface area contributed by atoms with Crippen molar-refractivity contribution in [3.63, 3.8) is 0 Å². The monoisotopic (exact) mass is 341 g/mol. The molecule has 0 aliphatic rings. The van der Waals surface area contributed by atoms with E-state index < -0.39 is 0 Å². The molecule has 0 aliphatic carbocycles. The number of aromatic hydroxyl groups is 1. The lowest BCUT2D eigenvalue weighted by atomic mass is 10.1. The second kappa shape index (κ2) is 10.8. The van der Waals surface area contributed by atoms with Gasteiger partial charge in [0, 0.05) is 17.8 Å². The van der Waals surface area contributed by atoms with Gasteiger partial charge in [0.25, 0.3) is 0 Å². The summed E-state index contributed by atoms with van der Waals surface area (Å²) in [5.74, 6) is 0.923. The second-order valence-electron chi connectivity index (χ2n) is 6.60. The number of ether oxygens (including phenoxy) is 1. The molecule has 25 heavy (non-hydrogen) atoms. The van der Waals surface area contributed by atoms with E-state index in [0.29, 0.717) is 12.4 Å². The lowest BCUT2D eigenvalue weighted by molar-refractivity contribution is 0.308. The topological polar surface area (TPSA) is 42.4 Å². The van der Waals surface area contributed by atoms with E-state index in [1.54, 1.807) is 6.07 Å². The van der Waals surface area contributed by atoms with E-state index in [1.165, 1.54) is 37.7 Å². The van der Waals surface area contributed by atoms with Crippen molar-refractivity contribution in [2.75, 3.05) is 6.61 Å². The maximum Gasteiger partial charge on any atom is 0.128 e. The number of aromatic nitrogens is 1. The van der Waals surface area contributed by atoms with Gasteiger partial charge < -0.3 is 9.84 Å². The number of phenols is 1. The molecule has 1 aromatic heterocycles. The van der Waals surface area contributed by atoms with Crippen molar-refractivity contribution in [2.24, 2.45) is 0 Å². The number of nitrogens with zero attached hydrogens (tertiary/aromatic N) is 1. The molecule has 1 N–H and O–H groups in total. The van der Waals surface area contributed by atoms with Crippen molar-refractivity contribution in [1.82, 2.24) is 4.98 Å². The molecule has 0 amide bonds. The molecular formula is C22H31NO2. The first-order valence-electron chi connectivity index (χ1n) is 9.65. The Labute approximate surface area is 152 Å². The molecule has 0 unspecified atom stereocenters. The summed E-state index contributed by atoms with van der Waals surface area (Å²) in [4.78, 5) is 4.53. The summed E-state index contributed by atoms with van der Waals surface area (Å²) in [6.07, 6.45) is 11.6. The van der Waals surface area contributed by atoms with Crippen LogP contribution in [0.3, 0.4) is 0 Å². The first-order chi connectivity index (χ1) is 12.2. The van der Waals surface area contributed by atoms with Gasteiger partial charge in [0.05, 0.1) is 12.3 Å². The lowest BCUT2D eigenvalue weighted by Crippen LogP contribution is -1.96. The Morgan fingerprint density at radius 2 is 1.72 bits per heavy atom. The zero-order valence-electron chi connectivity index (χ0n) is 15.6. The largest absolute Gasteiger partial charge is 0.507 e. The molecule has 0 fully saturated rings. The Morgan fingerprint density at radius 1 is 0.920 bits per heavy atom. The van der Waals surface area contributed by atoms with Gasteiger partial charge in [0.15, 0.2) is 0 Å². The number of rotatable bonds is 11. The molecule has 0 spiro atoms. The number of hydrogen-bond donors (Lipinski definition) is 1. The molecule has 0 bridgehead atoms. The SMILES string of the molecule is CCCCCCCc1ccc(-c2ccc(OCCCC)cc2O)nc1. The smallest absolute Gasteiger partial charge is 0.128 e. The first kappa shape index (κ1) is 19.3. The van der Waals surface area contributed by atoms with Gasteiger partial charge in [0.2, 0.25) is 0 Å². The highest BCUT2D eigenvalue weighted by Gasteiger charge is 2.07. The van der Waals surface area contributed by atoms with Crippen molar-refractivity contribution in [2.45, 2.75) is 65.2 Å². The predicted molar refractivity (Wildman–Crippen MR) is 104 cm³/mol. The van der Waals surface area contributed by atoms with Crippen LogP contribution in [-0.2, 0) is 6.42 Å². The third-order valence-electron chi connectivity index (χ3n) is 4.41. The van der Waals surface area contributed by atoms with Crippen LogP contribution in [0.2, 0.25) is 0 Å². The van der Waals surface area contributed by atoms with Crippen molar-refractivity contribution in [1.29, 1.82) is 0 Å². The van der Waals surface area contributed by atoms with E-state index in [-0.39, 0.29) is 5.75 Å². The van der Waals surface area contributed by atoms with E-state index >= 15 is 0 Å². The Kier molecular flexibility index (Phi) is 8.30. The minimum Gasteiger partial charge on any atom is -0.507 e. The first-order valence-corrected chi connectivity index (χ1v) is 9.65. The minimum atomic E-state index is 0.216. The van der Waals surface area contributed by atoms with Crippen LogP contribution in [0.4, 0.5) is 0 Å². The van der Waals surface area contributed by atoms with Crippen molar-refractivity contribution < 1.29 is 9.84 Å². The minimum absolute atomic E-state index is 0.216. The van der Waals surface area contributed by atoms with Crippen LogP contribution in [-0.4, -0.2) is 16.7 Å². The fraction of sp³-hybridized carbons (Fsp3) is 0.500. The van der Waals surface area contributed by atoms with Gasteiger partial charge in [-0.1, -0.05) is 52.0 Å². The Bertz CT molecular complexity index is 622. The second-order valence-corrected chi connectivity index (χ2v) is 6.60. The van der Waals surface area contributed by atoms with E-state index in [4.69, 9.17) is 4.74 Å². The molecule has 1 aromatic carbocycles. The molecule has 0 aliphatic heterocycles. The van der Waals surface area contributed by atoms with Crippen molar-refractivity contribution in [3.8, 4) is 22.8 Å². The number of benzene rings is 1. The van der Waals surface area contributed by atoms with Crippen LogP contribution < -0.4 is 4.74 Å². The zero-order chi connectivity index (χ0) is 17.9. The van der Waals surface area contributed by atoms with Gasteiger partial charge in [-0.05, 0) is 43.0 Å². The summed E-state index contributed by atoms with van der Waals surface area (Å²) < 4.78 is 5.63. The average Bonchev–Trinajstić information content (AvgIpc) is 2.63. The summed E-state index contributed by atoms with van der Waals surface area (Å²) in [7, 11) is 0. The van der Waals surface area contributed by atoms with Crippen LogP contribution in [0.1, 0.15) is 64.4 Å².